The average molecular weight is 234 g/mol. The van der Waals surface area contributed by atoms with Gasteiger partial charge in [0.2, 0.25) is 0 Å². The SMILES string of the molecule is Cc1nc(CNc2cnc(C(=O)O)cn2)co1. The van der Waals surface area contributed by atoms with E-state index in [4.69, 9.17) is 9.52 Å². The highest BCUT2D eigenvalue weighted by Gasteiger charge is 2.05. The average Bonchev–Trinajstić information content (AvgIpc) is 2.73. The van der Waals surface area contributed by atoms with E-state index in [1.54, 1.807) is 13.2 Å². The summed E-state index contributed by atoms with van der Waals surface area (Å²) < 4.78 is 5.04. The monoisotopic (exact) mass is 234 g/mol. The first-order valence-corrected chi connectivity index (χ1v) is 4.85. The van der Waals surface area contributed by atoms with Crippen molar-refractivity contribution in [1.29, 1.82) is 0 Å². The number of hydrogen-bond donors (Lipinski definition) is 2. The fourth-order valence-electron chi connectivity index (χ4n) is 1.20. The van der Waals surface area contributed by atoms with Gasteiger partial charge in [-0.1, -0.05) is 0 Å². The quantitative estimate of drug-likeness (QED) is 0.816. The molecule has 0 atom stereocenters. The number of rotatable bonds is 4. The smallest absolute Gasteiger partial charge is 0.356 e. The van der Waals surface area contributed by atoms with Gasteiger partial charge in [0.1, 0.15) is 12.1 Å². The van der Waals surface area contributed by atoms with Gasteiger partial charge in [0.15, 0.2) is 11.6 Å². The molecule has 2 aromatic rings. The Kier molecular flexibility index (Phi) is 2.99. The molecule has 0 unspecified atom stereocenters. The van der Waals surface area contributed by atoms with E-state index in [0.717, 1.165) is 5.69 Å². The molecule has 0 saturated carbocycles. The molecule has 0 fully saturated rings. The molecular formula is C10H10N4O3. The van der Waals surface area contributed by atoms with Crippen LogP contribution in [0.5, 0.6) is 0 Å². The second-order valence-corrected chi connectivity index (χ2v) is 3.30. The van der Waals surface area contributed by atoms with Crippen LogP contribution in [0.3, 0.4) is 0 Å². The van der Waals surface area contributed by atoms with Crippen molar-refractivity contribution in [2.45, 2.75) is 13.5 Å². The third-order valence-electron chi connectivity index (χ3n) is 1.99. The van der Waals surface area contributed by atoms with Gasteiger partial charge in [-0.05, 0) is 0 Å². The Morgan fingerprint density at radius 3 is 2.82 bits per heavy atom. The number of aromatic nitrogens is 3. The summed E-state index contributed by atoms with van der Waals surface area (Å²) in [5, 5.41) is 11.6. The summed E-state index contributed by atoms with van der Waals surface area (Å²) >= 11 is 0. The minimum atomic E-state index is -1.10. The predicted octanol–water partition coefficient (Wildman–Crippen LogP) is 1.08. The molecule has 2 rings (SSSR count). The summed E-state index contributed by atoms with van der Waals surface area (Å²) in [7, 11) is 0. The van der Waals surface area contributed by atoms with E-state index in [2.05, 4.69) is 20.3 Å². The van der Waals surface area contributed by atoms with E-state index >= 15 is 0 Å². The van der Waals surface area contributed by atoms with Crippen molar-refractivity contribution < 1.29 is 14.3 Å². The summed E-state index contributed by atoms with van der Waals surface area (Å²) in [6.45, 7) is 2.20. The minimum absolute atomic E-state index is 0.0900. The number of aromatic carboxylic acids is 1. The fourth-order valence-corrected chi connectivity index (χ4v) is 1.20. The van der Waals surface area contributed by atoms with Crippen LogP contribution in [0.4, 0.5) is 5.82 Å². The zero-order chi connectivity index (χ0) is 12.3. The lowest BCUT2D eigenvalue weighted by atomic mass is 10.4. The topological polar surface area (TPSA) is 101 Å². The van der Waals surface area contributed by atoms with E-state index < -0.39 is 5.97 Å². The van der Waals surface area contributed by atoms with Crippen molar-refractivity contribution in [1.82, 2.24) is 15.0 Å². The normalized spacial score (nSPS) is 10.2. The van der Waals surface area contributed by atoms with Crippen molar-refractivity contribution in [2.24, 2.45) is 0 Å². The molecule has 0 aliphatic rings. The summed E-state index contributed by atoms with van der Waals surface area (Å²) in [5.41, 5.74) is 0.652. The molecular weight excluding hydrogens is 224 g/mol. The summed E-state index contributed by atoms with van der Waals surface area (Å²) in [6.07, 6.45) is 4.09. The van der Waals surface area contributed by atoms with Crippen LogP contribution in [0.2, 0.25) is 0 Å². The predicted molar refractivity (Wildman–Crippen MR) is 57.6 cm³/mol. The van der Waals surface area contributed by atoms with E-state index in [-0.39, 0.29) is 5.69 Å². The van der Waals surface area contributed by atoms with Crippen LogP contribution in [-0.2, 0) is 6.54 Å². The van der Waals surface area contributed by atoms with Crippen LogP contribution >= 0.6 is 0 Å². The molecule has 0 aliphatic carbocycles. The van der Waals surface area contributed by atoms with Gasteiger partial charge >= 0.3 is 5.97 Å². The van der Waals surface area contributed by atoms with Gasteiger partial charge in [0.05, 0.1) is 24.6 Å². The maximum Gasteiger partial charge on any atom is 0.356 e. The number of nitrogens with zero attached hydrogens (tertiary/aromatic N) is 3. The molecule has 0 aliphatic heterocycles. The molecule has 7 nitrogen and oxygen atoms in total. The second-order valence-electron chi connectivity index (χ2n) is 3.30. The number of nitrogens with one attached hydrogen (secondary N) is 1. The Bertz CT molecular complexity index is 521. The Hall–Kier alpha value is -2.44. The molecule has 2 heterocycles. The van der Waals surface area contributed by atoms with Crippen molar-refractivity contribution >= 4 is 11.8 Å². The Morgan fingerprint density at radius 2 is 2.29 bits per heavy atom. The highest BCUT2D eigenvalue weighted by atomic mass is 16.4. The van der Waals surface area contributed by atoms with E-state index in [0.29, 0.717) is 18.3 Å². The third-order valence-corrected chi connectivity index (χ3v) is 1.99. The Labute approximate surface area is 96.5 Å². The molecule has 0 bridgehead atoms. The second kappa shape index (κ2) is 4.60. The van der Waals surface area contributed by atoms with Gasteiger partial charge in [-0.2, -0.15) is 0 Å². The standard InChI is InChI=1S/C10H10N4O3/c1-6-14-7(5-17-6)2-12-9-4-11-8(3-13-9)10(15)16/h3-5H,2H2,1H3,(H,12,13)(H,15,16). The maximum atomic E-state index is 10.5. The highest BCUT2D eigenvalue weighted by Crippen LogP contribution is 2.05. The molecule has 0 aromatic carbocycles. The van der Waals surface area contributed by atoms with Gasteiger partial charge in [0, 0.05) is 6.92 Å². The van der Waals surface area contributed by atoms with Gasteiger partial charge in [-0.3, -0.25) is 0 Å². The van der Waals surface area contributed by atoms with Crippen LogP contribution in [-0.4, -0.2) is 26.0 Å². The number of anilines is 1. The number of hydrogen-bond acceptors (Lipinski definition) is 6. The lowest BCUT2D eigenvalue weighted by Gasteiger charge is -2.02. The Balaban J connectivity index is 1.97. The van der Waals surface area contributed by atoms with Crippen LogP contribution in [0.15, 0.2) is 23.1 Å². The summed E-state index contributed by atoms with van der Waals surface area (Å²) in [5.74, 6) is -0.0269. The highest BCUT2D eigenvalue weighted by molar-refractivity contribution is 5.84. The van der Waals surface area contributed by atoms with E-state index in [9.17, 15) is 4.79 Å². The molecule has 17 heavy (non-hydrogen) atoms. The first-order chi connectivity index (χ1) is 8.15. The first-order valence-electron chi connectivity index (χ1n) is 4.85. The number of carboxylic acids is 1. The molecule has 7 heteroatoms. The van der Waals surface area contributed by atoms with E-state index in [1.807, 2.05) is 0 Å². The van der Waals surface area contributed by atoms with Crippen molar-refractivity contribution in [3.8, 4) is 0 Å². The molecule has 0 spiro atoms. The first kappa shape index (κ1) is 11.1. The van der Waals surface area contributed by atoms with E-state index in [1.165, 1.54) is 12.4 Å². The van der Waals surface area contributed by atoms with Crippen LogP contribution in [0.25, 0.3) is 0 Å². The molecule has 2 N–H and O–H groups in total. The number of aryl methyl sites for hydroxylation is 1. The van der Waals surface area contributed by atoms with Gasteiger partial charge in [-0.15, -0.1) is 0 Å². The number of carbonyl (C=O) groups is 1. The lowest BCUT2D eigenvalue weighted by molar-refractivity contribution is 0.0690. The third kappa shape index (κ3) is 2.77. The summed E-state index contributed by atoms with van der Waals surface area (Å²) in [4.78, 5) is 22.3. The molecule has 88 valence electrons. The summed E-state index contributed by atoms with van der Waals surface area (Å²) in [6, 6.07) is 0. The van der Waals surface area contributed by atoms with Gasteiger partial charge in [0.25, 0.3) is 0 Å². The zero-order valence-corrected chi connectivity index (χ0v) is 9.04. The molecule has 2 aromatic heterocycles. The molecule has 0 radical (unpaired) electrons. The zero-order valence-electron chi connectivity index (χ0n) is 9.04. The number of carboxylic acid groups (broad SMARTS) is 1. The molecule has 0 saturated heterocycles. The van der Waals surface area contributed by atoms with Crippen molar-refractivity contribution in [2.75, 3.05) is 5.32 Å². The van der Waals surface area contributed by atoms with Gasteiger partial charge < -0.3 is 14.8 Å². The van der Waals surface area contributed by atoms with Crippen molar-refractivity contribution in [3.63, 3.8) is 0 Å². The number of oxazole rings is 1. The largest absolute Gasteiger partial charge is 0.476 e. The molecule has 0 amide bonds. The van der Waals surface area contributed by atoms with Crippen LogP contribution < -0.4 is 5.32 Å². The maximum absolute atomic E-state index is 10.5. The lowest BCUT2D eigenvalue weighted by Crippen LogP contribution is -2.05. The van der Waals surface area contributed by atoms with Crippen molar-refractivity contribution in [3.05, 3.63) is 35.9 Å². The van der Waals surface area contributed by atoms with Crippen LogP contribution in [0.1, 0.15) is 22.1 Å². The Morgan fingerprint density at radius 1 is 1.47 bits per heavy atom. The van der Waals surface area contributed by atoms with Gasteiger partial charge in [-0.25, -0.2) is 19.7 Å². The van der Waals surface area contributed by atoms with Crippen LogP contribution in [0, 0.1) is 6.92 Å². The fraction of sp³-hybridized carbons (Fsp3) is 0.200. The minimum Gasteiger partial charge on any atom is -0.476 e.